The van der Waals surface area contributed by atoms with Gasteiger partial charge in [-0.05, 0) is 26.0 Å². The minimum Gasteiger partial charge on any atom is -0.486 e. The van der Waals surface area contributed by atoms with Crippen LogP contribution in [-0.2, 0) is 4.79 Å². The van der Waals surface area contributed by atoms with Crippen LogP contribution in [0.2, 0.25) is 5.02 Å². The van der Waals surface area contributed by atoms with Gasteiger partial charge in [-0.1, -0.05) is 11.6 Å². The highest BCUT2D eigenvalue weighted by molar-refractivity contribution is 6.35. The Balaban J connectivity index is 1.93. The van der Waals surface area contributed by atoms with Crippen LogP contribution in [0.1, 0.15) is 13.8 Å². The number of carbonyl (C=O) groups excluding carboxylic acids is 1. The molecule has 3 aromatic heterocycles. The predicted molar refractivity (Wildman–Crippen MR) is 101 cm³/mol. The monoisotopic (exact) mass is 387 g/mol. The predicted octanol–water partition coefficient (Wildman–Crippen LogP) is 4.03. The van der Waals surface area contributed by atoms with E-state index >= 15 is 0 Å². The van der Waals surface area contributed by atoms with E-state index in [2.05, 4.69) is 20.5 Å². The quantitative estimate of drug-likeness (QED) is 0.506. The Morgan fingerprint density at radius 1 is 1.37 bits per heavy atom. The number of aromatic amines is 1. The minimum atomic E-state index is -0.647. The number of benzene rings is 1. The van der Waals surface area contributed by atoms with Crippen LogP contribution in [0, 0.1) is 5.82 Å². The summed E-state index contributed by atoms with van der Waals surface area (Å²) in [4.78, 5) is 14.9. The molecule has 2 N–H and O–H groups in total. The van der Waals surface area contributed by atoms with E-state index in [1.54, 1.807) is 49.0 Å². The van der Waals surface area contributed by atoms with E-state index in [0.717, 1.165) is 0 Å². The third-order valence-corrected chi connectivity index (χ3v) is 4.40. The lowest BCUT2D eigenvalue weighted by atomic mass is 10.0. The van der Waals surface area contributed by atoms with E-state index in [0.29, 0.717) is 39.9 Å². The molecule has 0 bridgehead atoms. The molecule has 1 aromatic carbocycles. The van der Waals surface area contributed by atoms with Gasteiger partial charge in [0.15, 0.2) is 17.4 Å². The first kappa shape index (κ1) is 17.3. The van der Waals surface area contributed by atoms with Crippen molar-refractivity contribution < 1.29 is 13.9 Å². The van der Waals surface area contributed by atoms with Crippen LogP contribution in [0.15, 0.2) is 30.7 Å². The Hall–Kier alpha value is -3.13. The lowest BCUT2D eigenvalue weighted by molar-refractivity contribution is -0.105. The van der Waals surface area contributed by atoms with Crippen molar-refractivity contribution in [2.75, 3.05) is 5.32 Å². The molecular formula is C18H15ClFN5O2. The van der Waals surface area contributed by atoms with Crippen LogP contribution >= 0.6 is 11.6 Å². The summed E-state index contributed by atoms with van der Waals surface area (Å²) in [5.41, 5.74) is 2.23. The van der Waals surface area contributed by atoms with Gasteiger partial charge in [0.1, 0.15) is 11.2 Å². The lowest BCUT2D eigenvalue weighted by Gasteiger charge is -2.15. The van der Waals surface area contributed by atoms with E-state index in [1.807, 2.05) is 0 Å². The number of rotatable bonds is 5. The van der Waals surface area contributed by atoms with Gasteiger partial charge in [0, 0.05) is 22.7 Å². The molecule has 0 aliphatic heterocycles. The van der Waals surface area contributed by atoms with Gasteiger partial charge < -0.3 is 14.5 Å². The van der Waals surface area contributed by atoms with E-state index in [-0.39, 0.29) is 16.9 Å². The first-order chi connectivity index (χ1) is 13.0. The van der Waals surface area contributed by atoms with E-state index in [4.69, 9.17) is 16.3 Å². The molecule has 0 unspecified atom stereocenters. The number of nitrogens with zero attached hydrogens (tertiary/aromatic N) is 3. The maximum Gasteiger partial charge on any atom is 0.212 e. The molecule has 0 radical (unpaired) electrons. The van der Waals surface area contributed by atoms with Crippen LogP contribution in [0.4, 0.5) is 10.2 Å². The van der Waals surface area contributed by atoms with Gasteiger partial charge in [-0.3, -0.25) is 9.89 Å². The van der Waals surface area contributed by atoms with Crippen LogP contribution in [0.25, 0.3) is 27.7 Å². The normalized spacial score (nSPS) is 11.4. The fourth-order valence-corrected chi connectivity index (χ4v) is 3.28. The Bertz CT molecular complexity index is 1170. The third-order valence-electron chi connectivity index (χ3n) is 4.05. The fourth-order valence-electron chi connectivity index (χ4n) is 2.98. The Labute approximate surface area is 158 Å². The van der Waals surface area contributed by atoms with Gasteiger partial charge in [-0.15, -0.1) is 0 Å². The maximum absolute atomic E-state index is 15.0. The second-order valence-electron chi connectivity index (χ2n) is 6.23. The van der Waals surface area contributed by atoms with Gasteiger partial charge >= 0.3 is 0 Å². The van der Waals surface area contributed by atoms with Crippen LogP contribution in [-0.4, -0.2) is 32.1 Å². The largest absolute Gasteiger partial charge is 0.486 e. The van der Waals surface area contributed by atoms with E-state index in [1.165, 1.54) is 0 Å². The summed E-state index contributed by atoms with van der Waals surface area (Å²) >= 11 is 6.38. The van der Waals surface area contributed by atoms with Crippen molar-refractivity contribution in [2.24, 2.45) is 0 Å². The highest BCUT2D eigenvalue weighted by Crippen LogP contribution is 2.42. The van der Waals surface area contributed by atoms with E-state index in [9.17, 15) is 9.18 Å². The highest BCUT2D eigenvalue weighted by Gasteiger charge is 2.23. The minimum absolute atomic E-state index is 0.0485. The van der Waals surface area contributed by atoms with Crippen molar-refractivity contribution in [3.8, 4) is 16.9 Å². The molecule has 0 saturated carbocycles. The van der Waals surface area contributed by atoms with Crippen LogP contribution in [0.5, 0.6) is 5.75 Å². The summed E-state index contributed by atoms with van der Waals surface area (Å²) in [5.74, 6) is -0.188. The molecule has 0 spiro atoms. The lowest BCUT2D eigenvalue weighted by Crippen LogP contribution is -2.08. The standard InChI is InChI=1S/C18H15ClFN5O2/c1-9(2)27-18-16(20)15(19)14(11-5-22-24-17(11)18)10-3-4-13-23-12(21-8-26)7-25(13)6-10/h3-9H,1-2H3,(H,21,26)(H,22,24). The zero-order valence-corrected chi connectivity index (χ0v) is 15.2. The number of nitrogens with one attached hydrogen (secondary N) is 2. The summed E-state index contributed by atoms with van der Waals surface area (Å²) in [6.45, 7) is 3.61. The highest BCUT2D eigenvalue weighted by atomic mass is 35.5. The number of fused-ring (bicyclic) bond motifs is 2. The molecule has 0 atom stereocenters. The smallest absolute Gasteiger partial charge is 0.212 e. The second-order valence-corrected chi connectivity index (χ2v) is 6.61. The summed E-state index contributed by atoms with van der Waals surface area (Å²) in [5, 5.41) is 9.91. The fraction of sp³-hybridized carbons (Fsp3) is 0.167. The number of pyridine rings is 1. The molecule has 0 aliphatic carbocycles. The number of halogens is 2. The van der Waals surface area contributed by atoms with Gasteiger partial charge in [0.2, 0.25) is 6.41 Å². The molecule has 1 amide bonds. The number of carbonyl (C=O) groups is 1. The van der Waals surface area contributed by atoms with Crippen molar-refractivity contribution in [1.82, 2.24) is 19.6 Å². The maximum atomic E-state index is 15.0. The van der Waals surface area contributed by atoms with Gasteiger partial charge in [0.25, 0.3) is 0 Å². The van der Waals surface area contributed by atoms with E-state index < -0.39 is 5.82 Å². The second kappa shape index (κ2) is 6.55. The Kier molecular flexibility index (Phi) is 4.19. The molecule has 138 valence electrons. The summed E-state index contributed by atoms with van der Waals surface area (Å²) in [7, 11) is 0. The molecule has 4 rings (SSSR count). The summed E-state index contributed by atoms with van der Waals surface area (Å²) in [6, 6.07) is 3.53. The molecule has 4 aromatic rings. The molecule has 0 saturated heterocycles. The number of imidazole rings is 1. The van der Waals surface area contributed by atoms with Crippen molar-refractivity contribution in [3.05, 3.63) is 41.6 Å². The number of hydrogen-bond donors (Lipinski definition) is 2. The molecule has 27 heavy (non-hydrogen) atoms. The van der Waals surface area contributed by atoms with Gasteiger partial charge in [-0.25, -0.2) is 9.37 Å². The average molecular weight is 388 g/mol. The zero-order chi connectivity index (χ0) is 19.1. The van der Waals surface area contributed by atoms with Crippen molar-refractivity contribution >= 4 is 40.4 Å². The molecule has 9 heteroatoms. The summed E-state index contributed by atoms with van der Waals surface area (Å²) < 4.78 is 22.3. The topological polar surface area (TPSA) is 84.3 Å². The van der Waals surface area contributed by atoms with Crippen molar-refractivity contribution in [2.45, 2.75) is 20.0 Å². The zero-order valence-electron chi connectivity index (χ0n) is 14.5. The number of aromatic nitrogens is 4. The van der Waals surface area contributed by atoms with Gasteiger partial charge in [-0.2, -0.15) is 5.10 Å². The van der Waals surface area contributed by atoms with Gasteiger partial charge in [0.05, 0.1) is 23.5 Å². The molecule has 3 heterocycles. The van der Waals surface area contributed by atoms with Crippen LogP contribution in [0.3, 0.4) is 0 Å². The molecule has 0 fully saturated rings. The average Bonchev–Trinajstić information content (AvgIpc) is 3.25. The molecule has 7 nitrogen and oxygen atoms in total. The third kappa shape index (κ3) is 2.87. The van der Waals surface area contributed by atoms with Crippen LogP contribution < -0.4 is 10.1 Å². The first-order valence-corrected chi connectivity index (χ1v) is 8.57. The van der Waals surface area contributed by atoms with Crippen molar-refractivity contribution in [1.29, 1.82) is 0 Å². The number of amides is 1. The number of ether oxygens (including phenoxy) is 1. The number of anilines is 1. The molecular weight excluding hydrogens is 373 g/mol. The Morgan fingerprint density at radius 2 is 2.19 bits per heavy atom. The molecule has 0 aliphatic rings. The number of H-pyrrole nitrogens is 1. The number of hydrogen-bond acceptors (Lipinski definition) is 4. The Morgan fingerprint density at radius 3 is 2.93 bits per heavy atom. The van der Waals surface area contributed by atoms with Crippen molar-refractivity contribution in [3.63, 3.8) is 0 Å². The summed E-state index contributed by atoms with van der Waals surface area (Å²) in [6.07, 6.45) is 5.33. The SMILES string of the molecule is CC(C)Oc1c(F)c(Cl)c(-c2ccc3nc(NC=O)cn3c2)c2cn[nH]c12. The first-order valence-electron chi connectivity index (χ1n) is 8.19.